The van der Waals surface area contributed by atoms with Crippen LogP contribution in [0.1, 0.15) is 44.1 Å². The molecular weight excluding hydrogens is 236 g/mol. The van der Waals surface area contributed by atoms with Crippen molar-refractivity contribution in [2.75, 3.05) is 6.54 Å². The van der Waals surface area contributed by atoms with Gasteiger partial charge in [0.2, 0.25) is 5.91 Å². The number of rotatable bonds is 5. The van der Waals surface area contributed by atoms with Crippen LogP contribution < -0.4 is 11.1 Å². The number of nitrogens with one attached hydrogen (secondary N) is 1. The summed E-state index contributed by atoms with van der Waals surface area (Å²) < 4.78 is 0. The van der Waals surface area contributed by atoms with E-state index in [2.05, 4.69) is 12.2 Å². The van der Waals surface area contributed by atoms with Gasteiger partial charge in [0.15, 0.2) is 0 Å². The van der Waals surface area contributed by atoms with E-state index in [-0.39, 0.29) is 17.9 Å². The zero-order valence-corrected chi connectivity index (χ0v) is 11.6. The lowest BCUT2D eigenvalue weighted by Gasteiger charge is -2.19. The monoisotopic (exact) mass is 260 g/mol. The molecule has 1 fully saturated rings. The molecule has 1 aromatic rings. The summed E-state index contributed by atoms with van der Waals surface area (Å²) in [5, 5.41) is 3.09. The van der Waals surface area contributed by atoms with Gasteiger partial charge >= 0.3 is 0 Å². The van der Waals surface area contributed by atoms with Gasteiger partial charge in [0, 0.05) is 12.6 Å². The van der Waals surface area contributed by atoms with Gasteiger partial charge in [0.05, 0.1) is 5.92 Å². The molecule has 1 saturated carbocycles. The maximum atomic E-state index is 12.3. The van der Waals surface area contributed by atoms with Gasteiger partial charge in [0.25, 0.3) is 0 Å². The topological polar surface area (TPSA) is 55.1 Å². The summed E-state index contributed by atoms with van der Waals surface area (Å²) in [7, 11) is 0. The van der Waals surface area contributed by atoms with Crippen LogP contribution >= 0.6 is 0 Å². The van der Waals surface area contributed by atoms with Crippen LogP contribution in [-0.2, 0) is 4.79 Å². The number of hydrogen-bond donors (Lipinski definition) is 2. The van der Waals surface area contributed by atoms with Crippen LogP contribution in [0.4, 0.5) is 0 Å². The van der Waals surface area contributed by atoms with E-state index in [1.807, 2.05) is 30.3 Å². The SMILES string of the molecule is CCC(C(=O)NCC1CCCC1N)c1ccccc1. The molecule has 1 amide bonds. The Bertz CT molecular complexity index is 404. The van der Waals surface area contributed by atoms with Gasteiger partial charge in [-0.3, -0.25) is 4.79 Å². The highest BCUT2D eigenvalue weighted by Crippen LogP contribution is 2.24. The molecule has 0 aromatic heterocycles. The molecule has 0 spiro atoms. The van der Waals surface area contributed by atoms with Gasteiger partial charge in [-0.1, -0.05) is 43.7 Å². The summed E-state index contributed by atoms with van der Waals surface area (Å²) >= 11 is 0. The largest absolute Gasteiger partial charge is 0.355 e. The molecule has 1 aromatic carbocycles. The smallest absolute Gasteiger partial charge is 0.227 e. The zero-order chi connectivity index (χ0) is 13.7. The Kier molecular flexibility index (Phi) is 4.97. The second-order valence-electron chi connectivity index (χ2n) is 5.47. The molecule has 3 atom stereocenters. The summed E-state index contributed by atoms with van der Waals surface area (Å²) in [6, 6.07) is 10.3. The molecule has 0 saturated heterocycles. The van der Waals surface area contributed by atoms with Crippen LogP contribution in [0.3, 0.4) is 0 Å². The second kappa shape index (κ2) is 6.71. The number of carbonyl (C=O) groups is 1. The van der Waals surface area contributed by atoms with Crippen molar-refractivity contribution in [3.8, 4) is 0 Å². The first-order valence-corrected chi connectivity index (χ1v) is 7.30. The van der Waals surface area contributed by atoms with E-state index in [1.54, 1.807) is 0 Å². The van der Waals surface area contributed by atoms with Crippen molar-refractivity contribution >= 4 is 5.91 Å². The highest BCUT2D eigenvalue weighted by atomic mass is 16.1. The van der Waals surface area contributed by atoms with E-state index in [0.29, 0.717) is 5.92 Å². The van der Waals surface area contributed by atoms with E-state index < -0.39 is 0 Å². The standard InChI is InChI=1S/C16H24N2O/c1-2-14(12-7-4-3-5-8-12)16(19)18-11-13-9-6-10-15(13)17/h3-5,7-8,13-15H,2,6,9-11,17H2,1H3,(H,18,19). The molecule has 0 heterocycles. The maximum Gasteiger partial charge on any atom is 0.227 e. The van der Waals surface area contributed by atoms with Gasteiger partial charge in [-0.05, 0) is 30.7 Å². The fraction of sp³-hybridized carbons (Fsp3) is 0.562. The molecule has 19 heavy (non-hydrogen) atoms. The molecule has 0 aliphatic heterocycles. The minimum atomic E-state index is -0.0428. The van der Waals surface area contributed by atoms with Crippen LogP contribution in [0, 0.1) is 5.92 Å². The summed E-state index contributed by atoms with van der Waals surface area (Å²) in [6.45, 7) is 2.78. The lowest BCUT2D eigenvalue weighted by atomic mass is 9.95. The maximum absolute atomic E-state index is 12.3. The van der Waals surface area contributed by atoms with Crippen LogP contribution in [0.5, 0.6) is 0 Å². The van der Waals surface area contributed by atoms with Crippen LogP contribution in [0.15, 0.2) is 30.3 Å². The Balaban J connectivity index is 1.90. The fourth-order valence-corrected chi connectivity index (χ4v) is 2.93. The third-order valence-electron chi connectivity index (χ3n) is 4.18. The van der Waals surface area contributed by atoms with Crippen molar-refractivity contribution in [2.24, 2.45) is 11.7 Å². The molecule has 3 nitrogen and oxygen atoms in total. The molecule has 3 unspecified atom stereocenters. The van der Waals surface area contributed by atoms with E-state index in [9.17, 15) is 4.79 Å². The molecule has 3 N–H and O–H groups in total. The first-order valence-electron chi connectivity index (χ1n) is 7.30. The average Bonchev–Trinajstić information content (AvgIpc) is 2.84. The number of amides is 1. The predicted octanol–water partition coefficient (Wildman–Crippen LogP) is 2.42. The van der Waals surface area contributed by atoms with Gasteiger partial charge < -0.3 is 11.1 Å². The number of carbonyl (C=O) groups excluding carboxylic acids is 1. The van der Waals surface area contributed by atoms with E-state index >= 15 is 0 Å². The summed E-state index contributed by atoms with van der Waals surface area (Å²) in [6.07, 6.45) is 4.25. The van der Waals surface area contributed by atoms with Crippen molar-refractivity contribution < 1.29 is 4.79 Å². The third-order valence-corrected chi connectivity index (χ3v) is 4.18. The summed E-state index contributed by atoms with van der Waals surface area (Å²) in [5.41, 5.74) is 7.13. The Morgan fingerprint density at radius 3 is 2.68 bits per heavy atom. The Hall–Kier alpha value is -1.35. The quantitative estimate of drug-likeness (QED) is 0.854. The summed E-state index contributed by atoms with van der Waals surface area (Å²) in [4.78, 5) is 12.3. The number of nitrogens with two attached hydrogens (primary N) is 1. The van der Waals surface area contributed by atoms with Crippen LogP contribution in [0.25, 0.3) is 0 Å². The molecule has 2 rings (SSSR count). The lowest BCUT2D eigenvalue weighted by Crippen LogP contribution is -2.38. The minimum absolute atomic E-state index is 0.0428. The highest BCUT2D eigenvalue weighted by Gasteiger charge is 2.25. The van der Waals surface area contributed by atoms with Gasteiger partial charge in [0.1, 0.15) is 0 Å². The number of benzene rings is 1. The fourth-order valence-electron chi connectivity index (χ4n) is 2.93. The highest BCUT2D eigenvalue weighted by molar-refractivity contribution is 5.83. The molecule has 3 heteroatoms. The van der Waals surface area contributed by atoms with E-state index in [1.165, 1.54) is 6.42 Å². The van der Waals surface area contributed by atoms with Gasteiger partial charge in [-0.25, -0.2) is 0 Å². The molecule has 1 aliphatic rings. The van der Waals surface area contributed by atoms with Crippen LogP contribution in [0.2, 0.25) is 0 Å². The van der Waals surface area contributed by atoms with Gasteiger partial charge in [-0.15, -0.1) is 0 Å². The van der Waals surface area contributed by atoms with Crippen molar-refractivity contribution in [3.05, 3.63) is 35.9 Å². The molecule has 1 aliphatic carbocycles. The first kappa shape index (κ1) is 14.1. The van der Waals surface area contributed by atoms with Crippen molar-refractivity contribution in [1.82, 2.24) is 5.32 Å². The minimum Gasteiger partial charge on any atom is -0.355 e. The average molecular weight is 260 g/mol. The van der Waals surface area contributed by atoms with Crippen molar-refractivity contribution in [1.29, 1.82) is 0 Å². The van der Waals surface area contributed by atoms with Crippen LogP contribution in [-0.4, -0.2) is 18.5 Å². The molecule has 0 radical (unpaired) electrons. The predicted molar refractivity (Wildman–Crippen MR) is 77.8 cm³/mol. The third kappa shape index (κ3) is 3.57. The zero-order valence-electron chi connectivity index (χ0n) is 11.6. The first-order chi connectivity index (χ1) is 9.22. The van der Waals surface area contributed by atoms with E-state index in [0.717, 1.165) is 31.4 Å². The Morgan fingerprint density at radius 1 is 1.37 bits per heavy atom. The normalized spacial score (nSPS) is 24.1. The second-order valence-corrected chi connectivity index (χ2v) is 5.47. The molecular formula is C16H24N2O. The number of hydrogen-bond acceptors (Lipinski definition) is 2. The Morgan fingerprint density at radius 2 is 2.11 bits per heavy atom. The molecule has 0 bridgehead atoms. The van der Waals surface area contributed by atoms with Crippen molar-refractivity contribution in [2.45, 2.75) is 44.6 Å². The molecule has 104 valence electrons. The van der Waals surface area contributed by atoms with E-state index in [4.69, 9.17) is 5.73 Å². The van der Waals surface area contributed by atoms with Crippen molar-refractivity contribution in [3.63, 3.8) is 0 Å². The summed E-state index contributed by atoms with van der Waals surface area (Å²) in [5.74, 6) is 0.545. The van der Waals surface area contributed by atoms with Gasteiger partial charge in [-0.2, -0.15) is 0 Å². The Labute approximate surface area is 115 Å². The lowest BCUT2D eigenvalue weighted by molar-refractivity contribution is -0.122.